The number of hydrogen-bond donors (Lipinski definition) is 4. The van der Waals surface area contributed by atoms with Crippen LogP contribution in [0.3, 0.4) is 0 Å². The molecular formula is C27H26Cl2N10O4. The number of amides is 3. The number of benzene rings is 1. The first-order valence-corrected chi connectivity index (χ1v) is 13.6. The monoisotopic (exact) mass is 624 g/mol. The zero-order valence-corrected chi connectivity index (χ0v) is 24.4. The summed E-state index contributed by atoms with van der Waals surface area (Å²) < 4.78 is 5.97. The lowest BCUT2D eigenvalue weighted by Gasteiger charge is -2.14. The summed E-state index contributed by atoms with van der Waals surface area (Å²) in [6.45, 7) is 2.00. The standard InChI is InChI=1S/C27H26Cl2N10O4/c1-3-4-5-6-20(34-22(41)10-7-16-11-17(28)13-30-26(16)39-14-32-37-38-39)25-35-23(24(29)36-25)19-9-8-18(33-27(42)43-2)12-21(19)31-15-40/h4-5,7-15,20H,3,6H2,1-2H3,(H,31,40)(H,33,42)(H,34,41)(H,35,36)/b5-4+,10-7+/t20-/m0/s1. The average molecular weight is 625 g/mol. The highest BCUT2D eigenvalue weighted by Gasteiger charge is 2.21. The molecule has 16 heteroatoms. The van der Waals surface area contributed by atoms with Crippen molar-refractivity contribution in [2.75, 3.05) is 17.7 Å². The molecule has 3 amide bonds. The summed E-state index contributed by atoms with van der Waals surface area (Å²) >= 11 is 12.7. The Morgan fingerprint density at radius 3 is 2.77 bits per heavy atom. The maximum absolute atomic E-state index is 13.1. The fraction of sp³-hybridized carbons (Fsp3) is 0.185. The minimum Gasteiger partial charge on any atom is -0.453 e. The van der Waals surface area contributed by atoms with E-state index in [0.717, 1.165) is 6.42 Å². The van der Waals surface area contributed by atoms with Crippen LogP contribution in [0.4, 0.5) is 16.2 Å². The first-order valence-electron chi connectivity index (χ1n) is 12.8. The van der Waals surface area contributed by atoms with Crippen molar-refractivity contribution in [2.24, 2.45) is 0 Å². The molecule has 4 rings (SSSR count). The fourth-order valence-corrected chi connectivity index (χ4v) is 4.34. The number of aromatic amines is 1. The van der Waals surface area contributed by atoms with Gasteiger partial charge in [-0.2, -0.15) is 4.68 Å². The van der Waals surface area contributed by atoms with Gasteiger partial charge in [-0.1, -0.05) is 42.3 Å². The highest BCUT2D eigenvalue weighted by molar-refractivity contribution is 6.32. The molecule has 0 aliphatic carbocycles. The number of nitrogens with one attached hydrogen (secondary N) is 4. The Morgan fingerprint density at radius 2 is 2.05 bits per heavy atom. The van der Waals surface area contributed by atoms with E-state index in [1.54, 1.807) is 24.3 Å². The van der Waals surface area contributed by atoms with E-state index in [1.807, 2.05) is 19.1 Å². The Labute approximate surface area is 255 Å². The van der Waals surface area contributed by atoms with E-state index in [4.69, 9.17) is 23.2 Å². The third kappa shape index (κ3) is 8.02. The molecule has 0 radical (unpaired) electrons. The van der Waals surface area contributed by atoms with Crippen LogP contribution < -0.4 is 16.0 Å². The number of ether oxygens (including phenoxy) is 1. The molecule has 1 aromatic carbocycles. The number of imidazole rings is 1. The summed E-state index contributed by atoms with van der Waals surface area (Å²) in [5.41, 5.74) is 2.04. The lowest BCUT2D eigenvalue weighted by molar-refractivity contribution is -0.117. The van der Waals surface area contributed by atoms with Crippen LogP contribution in [0.25, 0.3) is 23.2 Å². The Hall–Kier alpha value is -5.08. The van der Waals surface area contributed by atoms with Gasteiger partial charge in [0, 0.05) is 29.1 Å². The number of pyridine rings is 1. The van der Waals surface area contributed by atoms with Crippen LogP contribution in [0.15, 0.2) is 55.0 Å². The fourth-order valence-electron chi connectivity index (χ4n) is 3.94. The Bertz CT molecular complexity index is 1650. The number of hydrogen-bond acceptors (Lipinski definition) is 9. The lowest BCUT2D eigenvalue weighted by atomic mass is 10.1. The predicted molar refractivity (Wildman–Crippen MR) is 161 cm³/mol. The van der Waals surface area contributed by atoms with Gasteiger partial charge in [-0.25, -0.2) is 14.8 Å². The van der Waals surface area contributed by atoms with Crippen molar-refractivity contribution in [1.82, 2.24) is 40.5 Å². The zero-order valence-electron chi connectivity index (χ0n) is 22.9. The van der Waals surface area contributed by atoms with E-state index < -0.39 is 18.0 Å². The third-order valence-electron chi connectivity index (χ3n) is 5.86. The van der Waals surface area contributed by atoms with Crippen molar-refractivity contribution in [1.29, 1.82) is 0 Å². The van der Waals surface area contributed by atoms with Gasteiger partial charge in [-0.05, 0) is 53.6 Å². The van der Waals surface area contributed by atoms with Crippen molar-refractivity contribution < 1.29 is 19.1 Å². The molecule has 1 atom stereocenters. The van der Waals surface area contributed by atoms with Crippen LogP contribution in [0.2, 0.25) is 10.2 Å². The summed E-state index contributed by atoms with van der Waals surface area (Å²) in [5, 5.41) is 19.7. The van der Waals surface area contributed by atoms with Crippen molar-refractivity contribution in [3.8, 4) is 17.1 Å². The van der Waals surface area contributed by atoms with Gasteiger partial charge in [0.25, 0.3) is 0 Å². The summed E-state index contributed by atoms with van der Waals surface area (Å²) in [6, 6.07) is 5.82. The SMILES string of the molecule is CC/C=C/C[C@H](NC(=O)/C=C/c1cc(Cl)cnc1-n1cnnn1)c1nc(-c2ccc(NC(=O)OC)cc2NC=O)c(Cl)[nH]1. The molecule has 14 nitrogen and oxygen atoms in total. The van der Waals surface area contributed by atoms with Crippen LogP contribution in [0.5, 0.6) is 0 Å². The second kappa shape index (κ2) is 14.7. The normalized spacial score (nSPS) is 11.9. The summed E-state index contributed by atoms with van der Waals surface area (Å²) in [6.07, 6.45) is 10.6. The average Bonchev–Trinajstić information content (AvgIpc) is 3.66. The molecule has 4 aromatic rings. The number of carbonyl (C=O) groups excluding carboxylic acids is 3. The maximum atomic E-state index is 13.1. The van der Waals surface area contributed by atoms with Crippen LogP contribution in [0.1, 0.15) is 37.2 Å². The first kappa shape index (κ1) is 30.9. The van der Waals surface area contributed by atoms with Gasteiger partial charge in [0.2, 0.25) is 12.3 Å². The molecule has 0 aliphatic rings. The topological polar surface area (TPSA) is 182 Å². The maximum Gasteiger partial charge on any atom is 0.411 e. The van der Waals surface area contributed by atoms with E-state index in [0.29, 0.717) is 57.7 Å². The van der Waals surface area contributed by atoms with Crippen molar-refractivity contribution in [3.05, 3.63) is 76.6 Å². The molecule has 0 aliphatic heterocycles. The Kier molecular flexibility index (Phi) is 10.6. The minimum absolute atomic E-state index is 0.183. The molecule has 0 unspecified atom stereocenters. The van der Waals surface area contributed by atoms with Crippen molar-refractivity contribution in [2.45, 2.75) is 25.8 Å². The first-order chi connectivity index (χ1) is 20.8. The van der Waals surface area contributed by atoms with Gasteiger partial charge in [-0.3, -0.25) is 14.9 Å². The number of anilines is 2. The van der Waals surface area contributed by atoms with Crippen LogP contribution in [-0.4, -0.2) is 60.7 Å². The molecule has 43 heavy (non-hydrogen) atoms. The summed E-state index contributed by atoms with van der Waals surface area (Å²) in [5.74, 6) is 0.346. The van der Waals surface area contributed by atoms with Crippen molar-refractivity contribution >= 4 is 59.1 Å². The Morgan fingerprint density at radius 1 is 1.21 bits per heavy atom. The predicted octanol–water partition coefficient (Wildman–Crippen LogP) is 4.73. The number of tetrazole rings is 1. The Balaban J connectivity index is 1.61. The van der Waals surface area contributed by atoms with Gasteiger partial charge in [0.1, 0.15) is 23.0 Å². The quantitative estimate of drug-likeness (QED) is 0.0983. The second-order valence-corrected chi connectivity index (χ2v) is 9.57. The number of carbonyl (C=O) groups is 3. The number of nitrogens with zero attached hydrogens (tertiary/aromatic N) is 6. The van der Waals surface area contributed by atoms with E-state index in [9.17, 15) is 14.4 Å². The smallest absolute Gasteiger partial charge is 0.411 e. The van der Waals surface area contributed by atoms with E-state index in [1.165, 1.54) is 36.5 Å². The van der Waals surface area contributed by atoms with Gasteiger partial charge in [-0.15, -0.1) is 5.10 Å². The van der Waals surface area contributed by atoms with Crippen LogP contribution >= 0.6 is 23.2 Å². The van der Waals surface area contributed by atoms with E-state index >= 15 is 0 Å². The minimum atomic E-state index is -0.670. The van der Waals surface area contributed by atoms with Gasteiger partial charge in [0.15, 0.2) is 5.82 Å². The molecule has 0 saturated carbocycles. The molecule has 4 N–H and O–H groups in total. The highest BCUT2D eigenvalue weighted by atomic mass is 35.5. The van der Waals surface area contributed by atoms with Crippen LogP contribution in [-0.2, 0) is 14.3 Å². The molecule has 0 fully saturated rings. The molecule has 222 valence electrons. The molecule has 0 spiro atoms. The summed E-state index contributed by atoms with van der Waals surface area (Å²) in [4.78, 5) is 48.0. The number of H-pyrrole nitrogens is 1. The third-order valence-corrected chi connectivity index (χ3v) is 6.34. The van der Waals surface area contributed by atoms with Gasteiger partial charge in [0.05, 0.1) is 23.9 Å². The number of halogens is 2. The van der Waals surface area contributed by atoms with E-state index in [-0.39, 0.29) is 5.15 Å². The number of aromatic nitrogens is 7. The number of allylic oxidation sites excluding steroid dienone is 1. The van der Waals surface area contributed by atoms with Crippen molar-refractivity contribution in [3.63, 3.8) is 0 Å². The highest BCUT2D eigenvalue weighted by Crippen LogP contribution is 2.35. The lowest BCUT2D eigenvalue weighted by Crippen LogP contribution is -2.27. The van der Waals surface area contributed by atoms with Crippen LogP contribution in [0, 0.1) is 0 Å². The molecule has 3 aromatic heterocycles. The number of rotatable bonds is 12. The second-order valence-electron chi connectivity index (χ2n) is 8.75. The zero-order chi connectivity index (χ0) is 30.8. The van der Waals surface area contributed by atoms with Gasteiger partial charge < -0.3 is 20.4 Å². The molecular weight excluding hydrogens is 599 g/mol. The number of methoxy groups -OCH3 is 1. The van der Waals surface area contributed by atoms with E-state index in [2.05, 4.69) is 51.2 Å². The molecule has 3 heterocycles. The molecule has 0 saturated heterocycles. The van der Waals surface area contributed by atoms with Gasteiger partial charge >= 0.3 is 6.09 Å². The summed E-state index contributed by atoms with van der Waals surface area (Å²) in [7, 11) is 1.24. The molecule has 0 bridgehead atoms. The largest absolute Gasteiger partial charge is 0.453 e.